The highest BCUT2D eigenvalue weighted by atomic mass is 16.4. The highest BCUT2D eigenvalue weighted by Gasteiger charge is 2.33. The zero-order valence-electron chi connectivity index (χ0n) is 12.6. The van der Waals surface area contributed by atoms with Gasteiger partial charge in [0.15, 0.2) is 0 Å². The van der Waals surface area contributed by atoms with E-state index in [0.717, 1.165) is 11.5 Å². The van der Waals surface area contributed by atoms with Crippen molar-refractivity contribution < 1.29 is 4.42 Å². The first kappa shape index (κ1) is 14.2. The molecule has 0 bridgehead atoms. The second kappa shape index (κ2) is 5.95. The van der Waals surface area contributed by atoms with Gasteiger partial charge in [-0.3, -0.25) is 4.90 Å². The van der Waals surface area contributed by atoms with Gasteiger partial charge in [-0.1, -0.05) is 17.7 Å². The van der Waals surface area contributed by atoms with Gasteiger partial charge >= 0.3 is 0 Å². The Morgan fingerprint density at radius 1 is 1.38 bits per heavy atom. The van der Waals surface area contributed by atoms with Crippen molar-refractivity contribution in [3.05, 3.63) is 35.7 Å². The fraction of sp³-hybridized carbons (Fsp3) is 0.500. The first-order valence-electron chi connectivity index (χ1n) is 7.47. The van der Waals surface area contributed by atoms with Crippen LogP contribution in [0, 0.1) is 12.8 Å². The number of nitrogens with two attached hydrogens (primary N) is 1. The van der Waals surface area contributed by atoms with Gasteiger partial charge in [-0.25, -0.2) is 0 Å². The number of benzene rings is 1. The van der Waals surface area contributed by atoms with Crippen LogP contribution in [-0.4, -0.2) is 34.7 Å². The van der Waals surface area contributed by atoms with E-state index in [0.29, 0.717) is 30.9 Å². The van der Waals surface area contributed by atoms with E-state index in [9.17, 15) is 0 Å². The van der Waals surface area contributed by atoms with Crippen molar-refractivity contribution >= 4 is 0 Å². The number of hydrogen-bond acceptors (Lipinski definition) is 5. The Morgan fingerprint density at radius 3 is 2.86 bits per heavy atom. The number of aryl methyl sites for hydroxylation is 1. The Balaban J connectivity index is 1.70. The smallest absolute Gasteiger partial charge is 0.247 e. The molecule has 5 nitrogen and oxygen atoms in total. The largest absolute Gasteiger partial charge is 0.419 e. The van der Waals surface area contributed by atoms with E-state index in [1.165, 1.54) is 18.4 Å². The third-order valence-corrected chi connectivity index (χ3v) is 4.09. The van der Waals surface area contributed by atoms with Crippen molar-refractivity contribution in [3.63, 3.8) is 0 Å². The van der Waals surface area contributed by atoms with Crippen LogP contribution in [0.4, 0.5) is 0 Å². The van der Waals surface area contributed by atoms with E-state index in [-0.39, 0.29) is 0 Å². The van der Waals surface area contributed by atoms with E-state index in [1.807, 2.05) is 18.2 Å². The Bertz CT molecular complexity index is 606. The van der Waals surface area contributed by atoms with Crippen LogP contribution in [0.25, 0.3) is 11.5 Å². The minimum atomic E-state index is 0.416. The van der Waals surface area contributed by atoms with Crippen molar-refractivity contribution in [1.82, 2.24) is 15.1 Å². The fourth-order valence-corrected chi connectivity index (χ4v) is 2.76. The maximum absolute atomic E-state index is 5.87. The molecule has 0 saturated heterocycles. The number of rotatable bonds is 6. The lowest BCUT2D eigenvalue weighted by atomic mass is 10.1. The maximum atomic E-state index is 5.87. The molecule has 0 amide bonds. The average molecular weight is 286 g/mol. The molecule has 2 N–H and O–H groups in total. The third kappa shape index (κ3) is 3.31. The van der Waals surface area contributed by atoms with E-state index < -0.39 is 0 Å². The molecule has 1 atom stereocenters. The highest BCUT2D eigenvalue weighted by molar-refractivity contribution is 5.53. The first-order valence-corrected chi connectivity index (χ1v) is 7.47. The molecule has 1 unspecified atom stereocenters. The van der Waals surface area contributed by atoms with Gasteiger partial charge in [-0.2, -0.15) is 0 Å². The van der Waals surface area contributed by atoms with Gasteiger partial charge in [0.1, 0.15) is 0 Å². The van der Waals surface area contributed by atoms with Crippen molar-refractivity contribution in [2.24, 2.45) is 11.7 Å². The topological polar surface area (TPSA) is 68.2 Å². The minimum absolute atomic E-state index is 0.416. The molecular formula is C16H22N4O. The van der Waals surface area contributed by atoms with Crippen LogP contribution in [0.2, 0.25) is 0 Å². The van der Waals surface area contributed by atoms with Crippen LogP contribution in [-0.2, 0) is 6.54 Å². The monoisotopic (exact) mass is 286 g/mol. The van der Waals surface area contributed by atoms with Crippen LogP contribution in [0.5, 0.6) is 0 Å². The standard InChI is InChI=1S/C16H22N4O/c1-11-4-3-5-13(8-11)16-19-18-15(21-16)10-20(2)14(9-17)12-6-7-12/h3-5,8,12,14H,6-7,9-10,17H2,1-2H3. The van der Waals surface area contributed by atoms with Crippen molar-refractivity contribution in [1.29, 1.82) is 0 Å². The van der Waals surface area contributed by atoms with Gasteiger partial charge in [-0.05, 0) is 44.9 Å². The van der Waals surface area contributed by atoms with E-state index in [1.54, 1.807) is 0 Å². The van der Waals surface area contributed by atoms with Crippen LogP contribution >= 0.6 is 0 Å². The molecule has 1 fully saturated rings. The number of nitrogens with zero attached hydrogens (tertiary/aromatic N) is 3. The number of likely N-dealkylation sites (N-methyl/N-ethyl adjacent to an activating group) is 1. The van der Waals surface area contributed by atoms with Crippen molar-refractivity contribution in [2.45, 2.75) is 32.4 Å². The summed E-state index contributed by atoms with van der Waals surface area (Å²) in [5, 5.41) is 8.31. The van der Waals surface area contributed by atoms with Gasteiger partial charge in [0.2, 0.25) is 11.8 Å². The molecule has 0 aliphatic heterocycles. The summed E-state index contributed by atoms with van der Waals surface area (Å²) in [5.41, 5.74) is 8.02. The molecule has 3 rings (SSSR count). The van der Waals surface area contributed by atoms with Crippen LogP contribution in [0.1, 0.15) is 24.3 Å². The van der Waals surface area contributed by atoms with Crippen LogP contribution in [0.3, 0.4) is 0 Å². The average Bonchev–Trinajstić information content (AvgIpc) is 3.18. The molecular weight excluding hydrogens is 264 g/mol. The second-order valence-electron chi connectivity index (χ2n) is 5.93. The molecule has 0 spiro atoms. The maximum Gasteiger partial charge on any atom is 0.247 e. The predicted molar refractivity (Wildman–Crippen MR) is 81.5 cm³/mol. The van der Waals surface area contributed by atoms with Gasteiger partial charge < -0.3 is 10.2 Å². The summed E-state index contributed by atoms with van der Waals surface area (Å²) in [6.45, 7) is 3.38. The lowest BCUT2D eigenvalue weighted by Crippen LogP contribution is -2.39. The molecule has 1 aliphatic rings. The molecule has 21 heavy (non-hydrogen) atoms. The molecule has 1 aromatic carbocycles. The number of hydrogen-bond donors (Lipinski definition) is 1. The zero-order valence-corrected chi connectivity index (χ0v) is 12.6. The van der Waals surface area contributed by atoms with Gasteiger partial charge in [0, 0.05) is 18.2 Å². The van der Waals surface area contributed by atoms with E-state index in [2.05, 4.69) is 35.1 Å². The third-order valence-electron chi connectivity index (χ3n) is 4.09. The summed E-state index contributed by atoms with van der Waals surface area (Å²) in [5.74, 6) is 1.96. The molecule has 0 radical (unpaired) electrons. The number of aromatic nitrogens is 2. The second-order valence-corrected chi connectivity index (χ2v) is 5.93. The SMILES string of the molecule is Cc1cccc(-c2nnc(CN(C)C(CN)C3CC3)o2)c1. The van der Waals surface area contributed by atoms with Gasteiger partial charge in [0.25, 0.3) is 0 Å². The van der Waals surface area contributed by atoms with Crippen LogP contribution in [0.15, 0.2) is 28.7 Å². The van der Waals surface area contributed by atoms with Crippen molar-refractivity contribution in [2.75, 3.05) is 13.6 Å². The molecule has 1 heterocycles. The van der Waals surface area contributed by atoms with Crippen molar-refractivity contribution in [3.8, 4) is 11.5 Å². The molecule has 2 aromatic rings. The van der Waals surface area contributed by atoms with Gasteiger partial charge in [0.05, 0.1) is 6.54 Å². The minimum Gasteiger partial charge on any atom is -0.419 e. The summed E-state index contributed by atoms with van der Waals surface area (Å²) in [7, 11) is 2.08. The van der Waals surface area contributed by atoms with Crippen LogP contribution < -0.4 is 5.73 Å². The first-order chi connectivity index (χ1) is 10.2. The zero-order chi connectivity index (χ0) is 14.8. The van der Waals surface area contributed by atoms with E-state index >= 15 is 0 Å². The Hall–Kier alpha value is -1.72. The lowest BCUT2D eigenvalue weighted by molar-refractivity contribution is 0.197. The predicted octanol–water partition coefficient (Wildman–Crippen LogP) is 2.21. The lowest BCUT2D eigenvalue weighted by Gasteiger charge is -2.25. The Morgan fingerprint density at radius 2 is 2.19 bits per heavy atom. The summed E-state index contributed by atoms with van der Waals surface area (Å²) in [6, 6.07) is 8.50. The van der Waals surface area contributed by atoms with Gasteiger partial charge in [-0.15, -0.1) is 10.2 Å². The molecule has 5 heteroatoms. The molecule has 112 valence electrons. The summed E-state index contributed by atoms with van der Waals surface area (Å²) in [4.78, 5) is 2.23. The fourth-order valence-electron chi connectivity index (χ4n) is 2.76. The molecule has 1 saturated carbocycles. The normalized spacial score (nSPS) is 16.4. The Kier molecular flexibility index (Phi) is 4.03. The quantitative estimate of drug-likeness (QED) is 0.882. The molecule has 1 aromatic heterocycles. The van der Waals surface area contributed by atoms with E-state index in [4.69, 9.17) is 10.2 Å². The summed E-state index contributed by atoms with van der Waals surface area (Å²) in [6.07, 6.45) is 2.56. The molecule has 1 aliphatic carbocycles. The summed E-state index contributed by atoms with van der Waals surface area (Å²) < 4.78 is 5.79. The summed E-state index contributed by atoms with van der Waals surface area (Å²) >= 11 is 0. The highest BCUT2D eigenvalue weighted by Crippen LogP contribution is 2.35. The Labute approximate surface area is 125 Å².